The molecule has 16 heteroatoms. The molecule has 0 N–H and O–H groups in total. The highest BCUT2D eigenvalue weighted by Crippen LogP contribution is 2.51. The molecule has 5 rings (SSSR count). The summed E-state index contributed by atoms with van der Waals surface area (Å²) < 4.78 is 46.8. The number of alkyl halides is 1. The summed E-state index contributed by atoms with van der Waals surface area (Å²) >= 11 is 0. The molecule has 4 heterocycles. The van der Waals surface area contributed by atoms with Crippen LogP contribution in [0.15, 0.2) is 43.0 Å². The van der Waals surface area contributed by atoms with Gasteiger partial charge in [0.2, 0.25) is 11.7 Å². The van der Waals surface area contributed by atoms with Gasteiger partial charge in [0.15, 0.2) is 23.6 Å². The fraction of sp³-hybridized carbons (Fsp3) is 0.533. The van der Waals surface area contributed by atoms with Gasteiger partial charge < -0.3 is 18.5 Å². The number of benzene rings is 1. The van der Waals surface area contributed by atoms with Crippen molar-refractivity contribution in [3.05, 3.63) is 58.7 Å². The average molecular weight is 657 g/mol. The number of aromatic nitrogens is 5. The number of nitrogens with zero attached hydrogens (tertiary/aromatic N) is 8. The first-order valence-corrected chi connectivity index (χ1v) is 16.4. The molecule has 1 unspecified atom stereocenters. The minimum absolute atomic E-state index is 0.0156. The van der Waals surface area contributed by atoms with Crippen molar-refractivity contribution in [2.45, 2.75) is 90.6 Å². The lowest BCUT2D eigenvalue weighted by atomic mass is 10.1. The van der Waals surface area contributed by atoms with Crippen LogP contribution in [0, 0.1) is 21.4 Å². The molecule has 0 radical (unpaired) electrons. The number of fused-ring (bicyclic) bond motifs is 3. The topological polar surface area (TPSA) is 155 Å². The first kappa shape index (κ1) is 33.6. The highest BCUT2D eigenvalue weighted by Gasteiger charge is 2.49. The zero-order valence-corrected chi connectivity index (χ0v) is 27.3. The van der Waals surface area contributed by atoms with E-state index in [0.717, 1.165) is 5.56 Å². The second-order valence-corrected chi connectivity index (χ2v) is 12.8. The Bertz CT molecular complexity index is 1670. The van der Waals surface area contributed by atoms with Gasteiger partial charge >= 0.3 is 0 Å². The van der Waals surface area contributed by atoms with Crippen LogP contribution in [0.5, 0.6) is 5.88 Å². The van der Waals surface area contributed by atoms with Crippen molar-refractivity contribution < 1.29 is 27.8 Å². The molecule has 3 aromatic heterocycles. The number of hydrogen-bond donors (Lipinski definition) is 0. The Balaban J connectivity index is 1.41. The van der Waals surface area contributed by atoms with Crippen LogP contribution in [0.1, 0.15) is 59.3 Å². The molecule has 1 aliphatic heterocycles. The predicted molar refractivity (Wildman–Crippen MR) is 168 cm³/mol. The summed E-state index contributed by atoms with van der Waals surface area (Å²) in [5.41, 5.74) is 1.77. The molecule has 1 fully saturated rings. The number of nitriles is 1. The fourth-order valence-corrected chi connectivity index (χ4v) is 7.30. The van der Waals surface area contributed by atoms with E-state index in [1.165, 1.54) is 18.5 Å². The quantitative estimate of drug-likeness (QED) is 0.0648. The molecule has 0 spiro atoms. The number of halogens is 1. The van der Waals surface area contributed by atoms with E-state index in [1.54, 1.807) is 33.5 Å². The van der Waals surface area contributed by atoms with Crippen LogP contribution in [0.25, 0.3) is 16.9 Å². The van der Waals surface area contributed by atoms with E-state index in [1.807, 2.05) is 34.6 Å². The van der Waals surface area contributed by atoms with Crippen molar-refractivity contribution in [3.8, 4) is 11.9 Å². The molecule has 246 valence electrons. The van der Waals surface area contributed by atoms with Crippen LogP contribution < -0.4 is 4.74 Å². The molecule has 1 aliphatic rings. The van der Waals surface area contributed by atoms with Crippen LogP contribution in [0.2, 0.25) is 0 Å². The Hall–Kier alpha value is -3.80. The van der Waals surface area contributed by atoms with Gasteiger partial charge in [-0.2, -0.15) is 10.2 Å². The maximum atomic E-state index is 16.6. The standard InChI is InChI=1S/C30H38FN8O6P/c1-6-23-26(45-46(43-16-7-13-32)38(19(2)3)20(4)5)24(31)29(44-23)37-18-34-25-27(35-30-33-14-15-36(30)28(25)37)42-17-12-21-8-10-22(11-9-21)39(40)41/h8-11,14-15,18-20,23-24,26,29H,6-7,12,16-17H2,1-5H3/t23-,24-,26-,29-,46?/m1/s1. The van der Waals surface area contributed by atoms with Gasteiger partial charge in [-0.15, -0.1) is 0 Å². The second kappa shape index (κ2) is 14.7. The van der Waals surface area contributed by atoms with E-state index in [4.69, 9.17) is 23.8 Å². The normalized spacial score (nSPS) is 20.7. The van der Waals surface area contributed by atoms with Gasteiger partial charge in [-0.05, 0) is 39.7 Å². The maximum absolute atomic E-state index is 16.6. The molecule has 1 aromatic carbocycles. The molecule has 0 aliphatic carbocycles. The summed E-state index contributed by atoms with van der Waals surface area (Å²) in [5, 5.41) is 20.0. The van der Waals surface area contributed by atoms with E-state index in [-0.39, 0.29) is 43.3 Å². The first-order chi connectivity index (χ1) is 22.1. The molecular weight excluding hydrogens is 618 g/mol. The van der Waals surface area contributed by atoms with Crippen molar-refractivity contribution in [2.24, 2.45) is 0 Å². The third-order valence-corrected chi connectivity index (χ3v) is 9.74. The van der Waals surface area contributed by atoms with Gasteiger partial charge in [-0.1, -0.05) is 19.1 Å². The van der Waals surface area contributed by atoms with Gasteiger partial charge in [0.25, 0.3) is 14.2 Å². The van der Waals surface area contributed by atoms with E-state index in [2.05, 4.69) is 25.7 Å². The van der Waals surface area contributed by atoms with Crippen molar-refractivity contribution in [1.29, 1.82) is 5.26 Å². The number of nitro benzene ring substituents is 1. The number of nitro groups is 1. The SMILES string of the molecule is CC[C@H]1O[C@@H](n2cnc3c(OCCc4ccc([N+](=O)[O-])cc4)nc4nccn4c32)[C@H](F)[C@@H]1OP(OCCC#N)N(C(C)C)C(C)C. The minimum atomic E-state index is -1.69. The highest BCUT2D eigenvalue weighted by atomic mass is 31.2. The summed E-state index contributed by atoms with van der Waals surface area (Å²) in [6.07, 6.45) is 1.82. The molecule has 5 atom stereocenters. The van der Waals surface area contributed by atoms with E-state index in [9.17, 15) is 10.1 Å². The Morgan fingerprint density at radius 3 is 2.59 bits per heavy atom. The van der Waals surface area contributed by atoms with Crippen molar-refractivity contribution in [1.82, 2.24) is 28.6 Å². The average Bonchev–Trinajstić information content (AvgIpc) is 3.74. The van der Waals surface area contributed by atoms with Crippen molar-refractivity contribution >= 4 is 31.2 Å². The molecule has 0 saturated carbocycles. The zero-order chi connectivity index (χ0) is 33.0. The van der Waals surface area contributed by atoms with Crippen LogP contribution in [-0.4, -0.2) is 77.2 Å². The number of non-ortho nitro benzene ring substituents is 1. The molecular formula is C30H38FN8O6P. The zero-order valence-electron chi connectivity index (χ0n) is 26.4. The number of imidazole rings is 2. The van der Waals surface area contributed by atoms with Gasteiger partial charge in [0.1, 0.15) is 6.10 Å². The molecule has 0 amide bonds. The number of ether oxygens (including phenoxy) is 2. The molecule has 4 aromatic rings. The van der Waals surface area contributed by atoms with Crippen LogP contribution in [0.4, 0.5) is 10.1 Å². The summed E-state index contributed by atoms with van der Waals surface area (Å²) in [4.78, 5) is 23.9. The van der Waals surface area contributed by atoms with E-state index >= 15 is 4.39 Å². The van der Waals surface area contributed by atoms with Crippen LogP contribution in [0.3, 0.4) is 0 Å². The Kier molecular flexibility index (Phi) is 10.8. The van der Waals surface area contributed by atoms with Gasteiger partial charge in [-0.3, -0.25) is 19.1 Å². The van der Waals surface area contributed by atoms with Gasteiger partial charge in [0, 0.05) is 43.0 Å². The van der Waals surface area contributed by atoms with Crippen molar-refractivity contribution in [2.75, 3.05) is 13.2 Å². The monoisotopic (exact) mass is 656 g/mol. The second-order valence-electron chi connectivity index (χ2n) is 11.4. The van der Waals surface area contributed by atoms with Crippen LogP contribution in [-0.2, 0) is 20.2 Å². The largest absolute Gasteiger partial charge is 0.476 e. The minimum Gasteiger partial charge on any atom is -0.476 e. The summed E-state index contributed by atoms with van der Waals surface area (Å²) in [6.45, 7) is 10.4. The van der Waals surface area contributed by atoms with E-state index in [0.29, 0.717) is 29.8 Å². The smallest absolute Gasteiger partial charge is 0.269 e. The molecule has 14 nitrogen and oxygen atoms in total. The lowest BCUT2D eigenvalue weighted by molar-refractivity contribution is -0.384. The molecule has 0 bridgehead atoms. The Morgan fingerprint density at radius 1 is 1.20 bits per heavy atom. The lowest BCUT2D eigenvalue weighted by Gasteiger charge is -2.37. The first-order valence-electron chi connectivity index (χ1n) is 15.2. The summed E-state index contributed by atoms with van der Waals surface area (Å²) in [6, 6.07) is 8.46. The van der Waals surface area contributed by atoms with Crippen molar-refractivity contribution in [3.63, 3.8) is 0 Å². The maximum Gasteiger partial charge on any atom is 0.269 e. The van der Waals surface area contributed by atoms with Gasteiger partial charge in [-0.25, -0.2) is 19.0 Å². The fourth-order valence-electron chi connectivity index (χ4n) is 5.54. The molecule has 1 saturated heterocycles. The Morgan fingerprint density at radius 2 is 1.93 bits per heavy atom. The lowest BCUT2D eigenvalue weighted by Crippen LogP contribution is -2.37. The van der Waals surface area contributed by atoms with Crippen LogP contribution >= 0.6 is 8.53 Å². The molecule has 46 heavy (non-hydrogen) atoms. The van der Waals surface area contributed by atoms with E-state index < -0.39 is 38.1 Å². The number of hydrogen-bond acceptors (Lipinski definition) is 11. The Labute approximate surface area is 267 Å². The summed E-state index contributed by atoms with van der Waals surface area (Å²) in [5.74, 6) is 0.563. The predicted octanol–water partition coefficient (Wildman–Crippen LogP) is 5.92. The summed E-state index contributed by atoms with van der Waals surface area (Å²) in [7, 11) is -1.69. The highest BCUT2D eigenvalue weighted by molar-refractivity contribution is 7.44. The number of rotatable bonds is 15. The third-order valence-electron chi connectivity index (χ3n) is 7.62. The van der Waals surface area contributed by atoms with Gasteiger partial charge in [0.05, 0.1) is 43.1 Å². The third kappa shape index (κ3) is 6.96.